The van der Waals surface area contributed by atoms with Crippen molar-refractivity contribution in [3.05, 3.63) is 0 Å². The molecule has 1 amide bonds. The zero-order valence-corrected chi connectivity index (χ0v) is 15.0. The minimum atomic E-state index is -1.22. The Morgan fingerprint density at radius 1 is 0.957 bits per heavy atom. The highest BCUT2D eigenvalue weighted by molar-refractivity contribution is 5.84. The van der Waals surface area contributed by atoms with Gasteiger partial charge in [0.25, 0.3) is 0 Å². The first kappa shape index (κ1) is 21.4. The number of nitrogens with one attached hydrogen (secondary N) is 1. The van der Waals surface area contributed by atoms with Gasteiger partial charge in [-0.15, -0.1) is 0 Å². The highest BCUT2D eigenvalue weighted by Crippen LogP contribution is 2.24. The summed E-state index contributed by atoms with van der Waals surface area (Å²) in [6, 6.07) is -1.17. The first-order valence-corrected chi connectivity index (χ1v) is 7.77. The number of nitrogens with zero attached hydrogens (tertiary/aromatic N) is 1. The number of aliphatic carboxylic acids is 2. The monoisotopic (exact) mass is 330 g/mol. The normalized spacial score (nSPS) is 13.7. The number of carbonyl (C=O) groups excluding carboxylic acids is 1. The van der Waals surface area contributed by atoms with E-state index in [9.17, 15) is 14.4 Å². The molecule has 1 atom stereocenters. The molecule has 134 valence electrons. The summed E-state index contributed by atoms with van der Waals surface area (Å²) in [5.74, 6) is -2.69. The van der Waals surface area contributed by atoms with Crippen LogP contribution < -0.4 is 5.32 Å². The van der Waals surface area contributed by atoms with Crippen molar-refractivity contribution in [3.8, 4) is 0 Å². The number of hydrogen-bond donors (Lipinski definition) is 3. The van der Waals surface area contributed by atoms with Crippen LogP contribution >= 0.6 is 0 Å². The fourth-order valence-corrected chi connectivity index (χ4v) is 2.68. The van der Waals surface area contributed by atoms with Gasteiger partial charge in [-0.2, -0.15) is 0 Å². The van der Waals surface area contributed by atoms with E-state index in [1.807, 2.05) is 0 Å². The lowest BCUT2D eigenvalue weighted by Gasteiger charge is -2.45. The van der Waals surface area contributed by atoms with Crippen LogP contribution in [0.15, 0.2) is 0 Å². The van der Waals surface area contributed by atoms with Crippen molar-refractivity contribution in [1.29, 1.82) is 0 Å². The Morgan fingerprint density at radius 3 is 1.78 bits per heavy atom. The number of carboxylic acids is 2. The second-order valence-corrected chi connectivity index (χ2v) is 7.63. The average Bonchev–Trinajstić information content (AvgIpc) is 2.30. The summed E-state index contributed by atoms with van der Waals surface area (Å²) in [5, 5.41) is 20.1. The molecule has 0 bridgehead atoms. The molecular formula is C16H30N2O5. The van der Waals surface area contributed by atoms with Gasteiger partial charge in [0.15, 0.2) is 0 Å². The van der Waals surface area contributed by atoms with E-state index in [4.69, 9.17) is 10.2 Å². The molecular weight excluding hydrogens is 300 g/mol. The van der Waals surface area contributed by atoms with E-state index in [1.165, 1.54) is 0 Å². The van der Waals surface area contributed by atoms with Crippen LogP contribution in [0.2, 0.25) is 0 Å². The van der Waals surface area contributed by atoms with Crippen molar-refractivity contribution in [2.24, 2.45) is 0 Å². The molecule has 3 N–H and O–H groups in total. The second kappa shape index (κ2) is 8.29. The van der Waals surface area contributed by atoms with Crippen LogP contribution in [0, 0.1) is 0 Å². The Kier molecular flexibility index (Phi) is 7.70. The maximum Gasteiger partial charge on any atom is 0.326 e. The molecule has 0 aliphatic carbocycles. The first-order chi connectivity index (χ1) is 10.2. The standard InChI is InChI=1S/C16H30N2O5/c1-15(2,3)18(16(4,5)6)10-9-12(19)17-11(14(22)23)7-8-13(20)21/h11H,7-10H2,1-6H3,(H,17,19)(H,20,21)(H,22,23)/t11-/m1/s1. The quantitative estimate of drug-likeness (QED) is 0.625. The molecule has 0 heterocycles. The second-order valence-electron chi connectivity index (χ2n) is 7.63. The summed E-state index contributed by atoms with van der Waals surface area (Å²) < 4.78 is 0. The van der Waals surface area contributed by atoms with Crippen molar-refractivity contribution in [2.75, 3.05) is 6.54 Å². The topological polar surface area (TPSA) is 107 Å². The van der Waals surface area contributed by atoms with E-state index < -0.39 is 18.0 Å². The third-order valence-corrected chi connectivity index (χ3v) is 3.46. The van der Waals surface area contributed by atoms with E-state index in [0.717, 1.165) is 0 Å². The molecule has 7 nitrogen and oxygen atoms in total. The third kappa shape index (κ3) is 8.54. The zero-order valence-electron chi connectivity index (χ0n) is 15.0. The van der Waals surface area contributed by atoms with Gasteiger partial charge in [0.05, 0.1) is 0 Å². The molecule has 0 aromatic heterocycles. The maximum atomic E-state index is 12.0. The van der Waals surface area contributed by atoms with Crippen LogP contribution in [0.1, 0.15) is 60.8 Å². The largest absolute Gasteiger partial charge is 0.481 e. The number of hydrogen-bond acceptors (Lipinski definition) is 4. The number of amides is 1. The number of carbonyl (C=O) groups is 3. The van der Waals surface area contributed by atoms with Gasteiger partial charge in [-0.1, -0.05) is 0 Å². The van der Waals surface area contributed by atoms with Gasteiger partial charge in [0, 0.05) is 30.5 Å². The third-order valence-electron chi connectivity index (χ3n) is 3.46. The number of carboxylic acid groups (broad SMARTS) is 2. The minimum absolute atomic E-state index is 0.126. The highest BCUT2D eigenvalue weighted by atomic mass is 16.4. The Bertz CT molecular complexity index is 421. The minimum Gasteiger partial charge on any atom is -0.481 e. The maximum absolute atomic E-state index is 12.0. The molecule has 0 saturated heterocycles. The molecule has 0 fully saturated rings. The van der Waals surface area contributed by atoms with Crippen LogP contribution in [0.3, 0.4) is 0 Å². The van der Waals surface area contributed by atoms with Crippen molar-refractivity contribution >= 4 is 17.8 Å². The van der Waals surface area contributed by atoms with E-state index in [1.54, 1.807) is 0 Å². The Balaban J connectivity index is 4.67. The molecule has 0 radical (unpaired) electrons. The van der Waals surface area contributed by atoms with Crippen LogP contribution in [-0.2, 0) is 14.4 Å². The highest BCUT2D eigenvalue weighted by Gasteiger charge is 2.31. The molecule has 0 spiro atoms. The van der Waals surface area contributed by atoms with E-state index >= 15 is 0 Å². The van der Waals surface area contributed by atoms with Crippen molar-refractivity contribution in [2.45, 2.75) is 77.9 Å². The summed E-state index contributed by atoms with van der Waals surface area (Å²) in [6.07, 6.45) is -0.266. The number of rotatable bonds is 8. The zero-order chi connectivity index (χ0) is 18.4. The first-order valence-electron chi connectivity index (χ1n) is 7.77. The van der Waals surface area contributed by atoms with E-state index in [0.29, 0.717) is 6.54 Å². The van der Waals surface area contributed by atoms with Gasteiger partial charge in [0.1, 0.15) is 6.04 Å². The molecule has 0 saturated carbocycles. The van der Waals surface area contributed by atoms with Gasteiger partial charge in [0.2, 0.25) is 5.91 Å². The van der Waals surface area contributed by atoms with Gasteiger partial charge in [-0.25, -0.2) is 4.79 Å². The summed E-state index contributed by atoms with van der Waals surface area (Å²) in [5.41, 5.74) is -0.262. The van der Waals surface area contributed by atoms with Crippen molar-refractivity contribution in [1.82, 2.24) is 10.2 Å². The molecule has 7 heteroatoms. The molecule has 0 aromatic carbocycles. The Labute approximate surface area is 138 Å². The Morgan fingerprint density at radius 2 is 1.43 bits per heavy atom. The molecule has 23 heavy (non-hydrogen) atoms. The SMILES string of the molecule is CC(C)(C)N(CCC(=O)N[C@H](CCC(=O)O)C(=O)O)C(C)(C)C. The fourth-order valence-electron chi connectivity index (χ4n) is 2.68. The summed E-state index contributed by atoms with van der Waals surface area (Å²) in [4.78, 5) is 35.8. The van der Waals surface area contributed by atoms with Crippen molar-refractivity contribution < 1.29 is 24.6 Å². The predicted octanol–water partition coefficient (Wildman–Crippen LogP) is 1.71. The van der Waals surface area contributed by atoms with Crippen molar-refractivity contribution in [3.63, 3.8) is 0 Å². The molecule has 0 unspecified atom stereocenters. The lowest BCUT2D eigenvalue weighted by molar-refractivity contribution is -0.143. The predicted molar refractivity (Wildman–Crippen MR) is 87.3 cm³/mol. The van der Waals surface area contributed by atoms with Crippen LogP contribution in [0.25, 0.3) is 0 Å². The molecule has 0 aromatic rings. The lowest BCUT2D eigenvalue weighted by Crippen LogP contribution is -2.53. The lowest BCUT2D eigenvalue weighted by atomic mass is 9.95. The summed E-state index contributed by atoms with van der Waals surface area (Å²) >= 11 is 0. The van der Waals surface area contributed by atoms with Gasteiger partial charge in [-0.3, -0.25) is 14.5 Å². The summed E-state index contributed by atoms with van der Waals surface area (Å²) in [7, 11) is 0. The molecule has 0 aliphatic heterocycles. The van der Waals surface area contributed by atoms with Crippen LogP contribution in [0.4, 0.5) is 0 Å². The van der Waals surface area contributed by atoms with E-state index in [2.05, 4.69) is 51.8 Å². The van der Waals surface area contributed by atoms with Crippen LogP contribution in [0.5, 0.6) is 0 Å². The molecule has 0 aliphatic rings. The smallest absolute Gasteiger partial charge is 0.326 e. The summed E-state index contributed by atoms with van der Waals surface area (Å²) in [6.45, 7) is 12.8. The van der Waals surface area contributed by atoms with E-state index in [-0.39, 0.29) is 36.2 Å². The van der Waals surface area contributed by atoms with Gasteiger partial charge in [-0.05, 0) is 48.0 Å². The van der Waals surface area contributed by atoms with Crippen LogP contribution in [-0.4, -0.2) is 56.6 Å². The molecule has 0 rings (SSSR count). The van der Waals surface area contributed by atoms with Gasteiger partial charge < -0.3 is 15.5 Å². The fraction of sp³-hybridized carbons (Fsp3) is 0.812. The average molecular weight is 330 g/mol. The Hall–Kier alpha value is -1.63. The van der Waals surface area contributed by atoms with Gasteiger partial charge >= 0.3 is 11.9 Å².